The van der Waals surface area contributed by atoms with Crippen LogP contribution >= 0.6 is 0 Å². The molecular formula is C29H42N2O. The Hall–Kier alpha value is -2.29. The smallest absolute Gasteiger partial charge is 0.319 e. The second kappa shape index (κ2) is 9.68. The molecule has 174 valence electrons. The number of carbonyl (C=O) groups excluding carboxylic acids is 1. The van der Waals surface area contributed by atoms with Crippen molar-refractivity contribution in [3.8, 4) is 0 Å². The molecule has 32 heavy (non-hydrogen) atoms. The average molecular weight is 435 g/mol. The standard InChI is InChI=1S/C29H42N2O/c1-20(2)24-11-10-12-25(21(3)4)26(24)31-27(32)30-19-29(17-8-9-18-29)23-15-13-22(14-16-23)28(5,6)7/h10-16,20-21H,8-9,17-19H2,1-7H3,(H2,30,31,32). The molecule has 0 atom stereocenters. The van der Waals surface area contributed by atoms with Crippen LogP contribution < -0.4 is 10.6 Å². The molecule has 3 nitrogen and oxygen atoms in total. The second-order valence-corrected chi connectivity index (χ2v) is 11.2. The lowest BCUT2D eigenvalue weighted by Crippen LogP contribution is -2.41. The number of rotatable bonds is 6. The first-order chi connectivity index (χ1) is 15.0. The van der Waals surface area contributed by atoms with Crippen molar-refractivity contribution in [1.29, 1.82) is 0 Å². The summed E-state index contributed by atoms with van der Waals surface area (Å²) in [6.07, 6.45) is 4.69. The quantitative estimate of drug-likeness (QED) is 0.477. The summed E-state index contributed by atoms with van der Waals surface area (Å²) in [6.45, 7) is 16.1. The first-order valence-corrected chi connectivity index (χ1v) is 12.3. The maximum atomic E-state index is 13.1. The highest BCUT2D eigenvalue weighted by molar-refractivity contribution is 5.91. The SMILES string of the molecule is CC(C)c1cccc(C(C)C)c1NC(=O)NCC1(c2ccc(C(C)(C)C)cc2)CCCC1. The van der Waals surface area contributed by atoms with Gasteiger partial charge in [0, 0.05) is 17.6 Å². The predicted molar refractivity (Wildman–Crippen MR) is 137 cm³/mol. The number of hydrogen-bond donors (Lipinski definition) is 2. The molecule has 0 spiro atoms. The molecule has 1 aliphatic rings. The number of nitrogens with one attached hydrogen (secondary N) is 2. The van der Waals surface area contributed by atoms with Crippen molar-refractivity contribution in [3.63, 3.8) is 0 Å². The van der Waals surface area contributed by atoms with Crippen LogP contribution in [0.25, 0.3) is 0 Å². The number of carbonyl (C=O) groups is 1. The Balaban J connectivity index is 1.77. The van der Waals surface area contributed by atoms with Crippen molar-refractivity contribution in [2.24, 2.45) is 0 Å². The summed E-state index contributed by atoms with van der Waals surface area (Å²) >= 11 is 0. The lowest BCUT2D eigenvalue weighted by Gasteiger charge is -2.31. The molecule has 2 amide bonds. The molecule has 0 saturated heterocycles. The molecule has 2 aromatic rings. The Morgan fingerprint density at radius 3 is 1.91 bits per heavy atom. The van der Waals surface area contributed by atoms with Gasteiger partial charge in [-0.15, -0.1) is 0 Å². The molecular weight excluding hydrogens is 392 g/mol. The number of amides is 2. The highest BCUT2D eigenvalue weighted by atomic mass is 16.2. The van der Waals surface area contributed by atoms with Crippen LogP contribution in [-0.4, -0.2) is 12.6 Å². The van der Waals surface area contributed by atoms with Gasteiger partial charge in [0.15, 0.2) is 0 Å². The maximum absolute atomic E-state index is 13.1. The van der Waals surface area contributed by atoms with E-state index in [9.17, 15) is 4.79 Å². The molecule has 1 fully saturated rings. The van der Waals surface area contributed by atoms with Gasteiger partial charge in [-0.2, -0.15) is 0 Å². The van der Waals surface area contributed by atoms with Gasteiger partial charge < -0.3 is 10.6 Å². The maximum Gasteiger partial charge on any atom is 0.319 e. The van der Waals surface area contributed by atoms with Crippen molar-refractivity contribution in [2.75, 3.05) is 11.9 Å². The van der Waals surface area contributed by atoms with Crippen molar-refractivity contribution in [2.45, 2.75) is 96.8 Å². The van der Waals surface area contributed by atoms with Gasteiger partial charge >= 0.3 is 6.03 Å². The minimum absolute atomic E-state index is 0.0339. The van der Waals surface area contributed by atoms with Crippen molar-refractivity contribution >= 4 is 11.7 Å². The Morgan fingerprint density at radius 1 is 0.906 bits per heavy atom. The number of para-hydroxylation sites is 1. The van der Waals surface area contributed by atoms with Gasteiger partial charge in [-0.1, -0.05) is 104 Å². The predicted octanol–water partition coefficient (Wildman–Crippen LogP) is 7.86. The van der Waals surface area contributed by atoms with Gasteiger partial charge in [-0.3, -0.25) is 0 Å². The summed E-state index contributed by atoms with van der Waals surface area (Å²) in [7, 11) is 0. The van der Waals surface area contributed by atoms with Gasteiger partial charge in [-0.05, 0) is 52.3 Å². The topological polar surface area (TPSA) is 41.1 Å². The lowest BCUT2D eigenvalue weighted by molar-refractivity contribution is 0.248. The summed E-state index contributed by atoms with van der Waals surface area (Å²) < 4.78 is 0. The molecule has 0 aromatic heterocycles. The fourth-order valence-corrected chi connectivity index (χ4v) is 5.05. The summed E-state index contributed by atoms with van der Waals surface area (Å²) in [4.78, 5) is 13.1. The van der Waals surface area contributed by atoms with Gasteiger partial charge in [0.2, 0.25) is 0 Å². The van der Waals surface area contributed by atoms with E-state index in [4.69, 9.17) is 0 Å². The zero-order valence-corrected chi connectivity index (χ0v) is 21.1. The van der Waals surface area contributed by atoms with Crippen molar-refractivity contribution in [1.82, 2.24) is 5.32 Å². The summed E-state index contributed by atoms with van der Waals surface area (Å²) in [5.41, 5.74) is 6.26. The van der Waals surface area contributed by atoms with E-state index in [1.165, 1.54) is 35.1 Å². The van der Waals surface area contributed by atoms with Crippen LogP contribution in [-0.2, 0) is 10.8 Å². The van der Waals surface area contributed by atoms with Crippen molar-refractivity contribution < 1.29 is 4.79 Å². The Morgan fingerprint density at radius 2 is 1.44 bits per heavy atom. The number of benzene rings is 2. The molecule has 0 heterocycles. The third-order valence-corrected chi connectivity index (χ3v) is 7.12. The highest BCUT2D eigenvalue weighted by Crippen LogP contribution is 2.41. The average Bonchev–Trinajstić information content (AvgIpc) is 3.22. The molecule has 0 unspecified atom stereocenters. The van der Waals surface area contributed by atoms with E-state index in [0.29, 0.717) is 18.4 Å². The molecule has 2 N–H and O–H groups in total. The normalized spacial score (nSPS) is 15.9. The largest absolute Gasteiger partial charge is 0.337 e. The molecule has 2 aromatic carbocycles. The molecule has 1 aliphatic carbocycles. The molecule has 0 radical (unpaired) electrons. The van der Waals surface area contributed by atoms with Gasteiger partial charge in [-0.25, -0.2) is 4.79 Å². The first-order valence-electron chi connectivity index (χ1n) is 12.3. The fraction of sp³-hybridized carbons (Fsp3) is 0.552. The van der Waals surface area contributed by atoms with Crippen LogP contribution in [0.2, 0.25) is 0 Å². The monoisotopic (exact) mass is 434 g/mol. The summed E-state index contributed by atoms with van der Waals surface area (Å²) in [5.74, 6) is 0.706. The van der Waals surface area contributed by atoms with Crippen LogP contribution in [0.3, 0.4) is 0 Å². The van der Waals surface area contributed by atoms with E-state index >= 15 is 0 Å². The molecule has 3 heteroatoms. The highest BCUT2D eigenvalue weighted by Gasteiger charge is 2.36. The Labute approximate surface area is 195 Å². The van der Waals surface area contributed by atoms with Crippen LogP contribution in [0.4, 0.5) is 10.5 Å². The fourth-order valence-electron chi connectivity index (χ4n) is 5.05. The molecule has 0 bridgehead atoms. The van der Waals surface area contributed by atoms with E-state index in [1.54, 1.807) is 0 Å². The van der Waals surface area contributed by atoms with Gasteiger partial charge in [0.1, 0.15) is 0 Å². The van der Waals surface area contributed by atoms with Gasteiger partial charge in [0.05, 0.1) is 0 Å². The number of hydrogen-bond acceptors (Lipinski definition) is 1. The number of urea groups is 1. The van der Waals surface area contributed by atoms with E-state index < -0.39 is 0 Å². The Bertz CT molecular complexity index is 887. The third kappa shape index (κ3) is 5.36. The third-order valence-electron chi connectivity index (χ3n) is 7.12. The van der Waals surface area contributed by atoms with Crippen LogP contribution in [0.1, 0.15) is 108 Å². The van der Waals surface area contributed by atoms with E-state index in [0.717, 1.165) is 18.5 Å². The lowest BCUT2D eigenvalue weighted by atomic mass is 9.77. The van der Waals surface area contributed by atoms with Crippen molar-refractivity contribution in [3.05, 3.63) is 64.7 Å². The zero-order chi connectivity index (χ0) is 23.5. The minimum Gasteiger partial charge on any atom is -0.337 e. The zero-order valence-electron chi connectivity index (χ0n) is 21.1. The molecule has 3 rings (SSSR count). The van der Waals surface area contributed by atoms with Crippen LogP contribution in [0.5, 0.6) is 0 Å². The summed E-state index contributed by atoms with van der Waals surface area (Å²) in [5, 5.41) is 6.45. The first kappa shape index (κ1) is 24.4. The summed E-state index contributed by atoms with van der Waals surface area (Å²) in [6, 6.07) is 15.4. The van der Waals surface area contributed by atoms with Crippen LogP contribution in [0.15, 0.2) is 42.5 Å². The number of anilines is 1. The molecule has 1 saturated carbocycles. The van der Waals surface area contributed by atoms with Crippen LogP contribution in [0, 0.1) is 0 Å². The minimum atomic E-state index is -0.0995. The van der Waals surface area contributed by atoms with Gasteiger partial charge in [0.25, 0.3) is 0 Å². The van der Waals surface area contributed by atoms with E-state index in [2.05, 4.69) is 102 Å². The Kier molecular flexibility index (Phi) is 7.37. The van der Waals surface area contributed by atoms with E-state index in [-0.39, 0.29) is 16.9 Å². The van der Waals surface area contributed by atoms with E-state index in [1.807, 2.05) is 0 Å². The molecule has 0 aliphatic heterocycles. The second-order valence-electron chi connectivity index (χ2n) is 11.2.